The average Bonchev–Trinajstić information content (AvgIpc) is 2.48. The molecule has 1 atom stereocenters. The van der Waals surface area contributed by atoms with Crippen molar-refractivity contribution in [2.24, 2.45) is 0 Å². The third kappa shape index (κ3) is 3.97. The molecule has 21 heavy (non-hydrogen) atoms. The van der Waals surface area contributed by atoms with Gasteiger partial charge in [0, 0.05) is 0 Å². The fraction of sp³-hybridized carbons (Fsp3) is 0.500. The summed E-state index contributed by atoms with van der Waals surface area (Å²) in [4.78, 5) is 25.8. The van der Waals surface area contributed by atoms with Crippen LogP contribution in [0, 0.1) is 6.92 Å². The van der Waals surface area contributed by atoms with E-state index >= 15 is 0 Å². The topological polar surface area (TPSA) is 46.6 Å². The molecule has 1 aromatic rings. The number of benzene rings is 1. The summed E-state index contributed by atoms with van der Waals surface area (Å²) in [6.45, 7) is 7.61. The molecule has 4 nitrogen and oxygen atoms in total. The van der Waals surface area contributed by atoms with E-state index in [1.54, 1.807) is 13.8 Å². The fourth-order valence-electron chi connectivity index (χ4n) is 2.32. The highest BCUT2D eigenvalue weighted by molar-refractivity contribution is 6.30. The zero-order valence-corrected chi connectivity index (χ0v) is 13.7. The highest BCUT2D eigenvalue weighted by Gasteiger charge is 2.30. The molecular formula is C16H22ClNO3. The fourth-order valence-corrected chi connectivity index (χ4v) is 2.45. The molecule has 0 aliphatic carbocycles. The largest absolute Gasteiger partial charge is 0.464 e. The number of para-hydroxylation sites is 1. The van der Waals surface area contributed by atoms with Gasteiger partial charge in [-0.15, -0.1) is 11.6 Å². The molecular weight excluding hydrogens is 290 g/mol. The smallest absolute Gasteiger partial charge is 0.328 e. The zero-order chi connectivity index (χ0) is 16.0. The number of aryl methyl sites for hydroxylation is 2. The Kier molecular flexibility index (Phi) is 6.69. The maximum atomic E-state index is 12.3. The van der Waals surface area contributed by atoms with Gasteiger partial charge in [-0.05, 0) is 38.3 Å². The Bertz CT molecular complexity index is 516. The highest BCUT2D eigenvalue weighted by Crippen LogP contribution is 2.28. The van der Waals surface area contributed by atoms with Crippen LogP contribution in [-0.2, 0) is 20.7 Å². The van der Waals surface area contributed by atoms with E-state index in [4.69, 9.17) is 16.3 Å². The predicted molar refractivity (Wildman–Crippen MR) is 84.9 cm³/mol. The van der Waals surface area contributed by atoms with Crippen LogP contribution in [0.25, 0.3) is 0 Å². The van der Waals surface area contributed by atoms with E-state index in [0.717, 1.165) is 23.2 Å². The van der Waals surface area contributed by atoms with Crippen LogP contribution in [0.1, 0.15) is 31.9 Å². The summed E-state index contributed by atoms with van der Waals surface area (Å²) in [5.74, 6) is -0.913. The van der Waals surface area contributed by atoms with Crippen LogP contribution in [0.4, 0.5) is 5.69 Å². The van der Waals surface area contributed by atoms with Crippen molar-refractivity contribution in [2.75, 3.05) is 17.4 Å². The van der Waals surface area contributed by atoms with Gasteiger partial charge in [0.15, 0.2) is 0 Å². The van der Waals surface area contributed by atoms with Gasteiger partial charge in [-0.1, -0.05) is 25.1 Å². The number of carbonyl (C=O) groups excluding carboxylic acids is 2. The Morgan fingerprint density at radius 1 is 1.33 bits per heavy atom. The summed E-state index contributed by atoms with van der Waals surface area (Å²) >= 11 is 5.73. The van der Waals surface area contributed by atoms with Crippen LogP contribution >= 0.6 is 11.6 Å². The molecule has 0 unspecified atom stereocenters. The second-order valence-electron chi connectivity index (χ2n) is 4.76. The molecule has 0 radical (unpaired) electrons. The summed E-state index contributed by atoms with van der Waals surface area (Å²) in [6.07, 6.45) is 0.763. The van der Waals surface area contributed by atoms with E-state index in [2.05, 4.69) is 0 Å². The van der Waals surface area contributed by atoms with E-state index in [1.807, 2.05) is 32.0 Å². The molecule has 0 saturated heterocycles. The average molecular weight is 312 g/mol. The van der Waals surface area contributed by atoms with Crippen molar-refractivity contribution < 1.29 is 14.3 Å². The molecule has 1 aromatic carbocycles. The number of rotatable bonds is 6. The lowest BCUT2D eigenvalue weighted by Gasteiger charge is -2.30. The van der Waals surface area contributed by atoms with E-state index < -0.39 is 12.0 Å². The number of amides is 1. The van der Waals surface area contributed by atoms with Gasteiger partial charge in [0.25, 0.3) is 0 Å². The van der Waals surface area contributed by atoms with Gasteiger partial charge >= 0.3 is 5.97 Å². The molecule has 5 heteroatoms. The van der Waals surface area contributed by atoms with E-state index in [-0.39, 0.29) is 18.4 Å². The van der Waals surface area contributed by atoms with Crippen molar-refractivity contribution in [2.45, 2.75) is 40.2 Å². The van der Waals surface area contributed by atoms with Crippen LogP contribution in [0.2, 0.25) is 0 Å². The lowest BCUT2D eigenvalue weighted by atomic mass is 10.0. The summed E-state index contributed by atoms with van der Waals surface area (Å²) < 4.78 is 5.04. The van der Waals surface area contributed by atoms with Gasteiger partial charge < -0.3 is 4.74 Å². The second kappa shape index (κ2) is 8.03. The number of hydrogen-bond acceptors (Lipinski definition) is 3. The lowest BCUT2D eigenvalue weighted by Crippen LogP contribution is -2.45. The molecule has 1 rings (SSSR count). The molecule has 0 fully saturated rings. The number of anilines is 1. The first kappa shape index (κ1) is 17.5. The Morgan fingerprint density at radius 2 is 2.00 bits per heavy atom. The minimum Gasteiger partial charge on any atom is -0.464 e. The van der Waals surface area contributed by atoms with E-state index in [1.165, 1.54) is 4.90 Å². The molecule has 0 heterocycles. The number of esters is 1. The van der Waals surface area contributed by atoms with Crippen molar-refractivity contribution in [3.63, 3.8) is 0 Å². The predicted octanol–water partition coefficient (Wildman–Crippen LogP) is 3.08. The standard InChI is InChI=1S/C16H22ClNO3/c1-5-13-9-7-8-11(3)15(13)18(14(19)10-17)12(4)16(20)21-6-2/h7-9,12H,5-6,10H2,1-4H3/t12-/m0/s1. The first-order valence-electron chi connectivity index (χ1n) is 7.11. The number of halogens is 1. The number of ether oxygens (including phenoxy) is 1. The van der Waals surface area contributed by atoms with Gasteiger partial charge in [0.1, 0.15) is 11.9 Å². The molecule has 0 spiro atoms. The molecule has 1 amide bonds. The maximum Gasteiger partial charge on any atom is 0.328 e. The summed E-state index contributed by atoms with van der Waals surface area (Å²) in [7, 11) is 0. The Balaban J connectivity index is 3.33. The Labute approximate surface area is 131 Å². The van der Waals surface area contributed by atoms with Gasteiger partial charge in [-0.25, -0.2) is 4.79 Å². The van der Waals surface area contributed by atoms with Crippen molar-refractivity contribution in [1.29, 1.82) is 0 Å². The maximum absolute atomic E-state index is 12.3. The van der Waals surface area contributed by atoms with Gasteiger partial charge in [0.05, 0.1) is 12.3 Å². The van der Waals surface area contributed by atoms with Crippen molar-refractivity contribution in [3.8, 4) is 0 Å². The van der Waals surface area contributed by atoms with Gasteiger partial charge in [-0.3, -0.25) is 9.69 Å². The van der Waals surface area contributed by atoms with Crippen LogP contribution in [0.5, 0.6) is 0 Å². The quantitative estimate of drug-likeness (QED) is 0.599. The van der Waals surface area contributed by atoms with Crippen LogP contribution < -0.4 is 4.90 Å². The molecule has 0 aromatic heterocycles. The van der Waals surface area contributed by atoms with Crippen molar-refractivity contribution >= 4 is 29.2 Å². The second-order valence-corrected chi connectivity index (χ2v) is 5.03. The molecule has 0 saturated carbocycles. The Morgan fingerprint density at radius 3 is 2.52 bits per heavy atom. The minimum absolute atomic E-state index is 0.179. The van der Waals surface area contributed by atoms with Crippen LogP contribution in [-0.4, -0.2) is 30.4 Å². The summed E-state index contributed by atoms with van der Waals surface area (Å²) in [5.41, 5.74) is 2.69. The minimum atomic E-state index is -0.706. The first-order chi connectivity index (χ1) is 9.97. The zero-order valence-electron chi connectivity index (χ0n) is 13.0. The third-order valence-electron chi connectivity index (χ3n) is 3.34. The third-order valence-corrected chi connectivity index (χ3v) is 3.57. The van der Waals surface area contributed by atoms with Gasteiger partial charge in [-0.2, -0.15) is 0 Å². The number of hydrogen-bond donors (Lipinski definition) is 0. The lowest BCUT2D eigenvalue weighted by molar-refractivity contribution is -0.145. The molecule has 0 aliphatic rings. The molecule has 0 aliphatic heterocycles. The normalized spacial score (nSPS) is 11.9. The molecule has 116 valence electrons. The van der Waals surface area contributed by atoms with E-state index in [9.17, 15) is 9.59 Å². The van der Waals surface area contributed by atoms with Crippen molar-refractivity contribution in [3.05, 3.63) is 29.3 Å². The number of carbonyl (C=O) groups is 2. The van der Waals surface area contributed by atoms with Gasteiger partial charge in [0.2, 0.25) is 5.91 Å². The summed E-state index contributed by atoms with van der Waals surface area (Å²) in [6, 6.07) is 5.11. The first-order valence-corrected chi connectivity index (χ1v) is 7.64. The van der Waals surface area contributed by atoms with E-state index in [0.29, 0.717) is 0 Å². The number of alkyl halides is 1. The Hall–Kier alpha value is -1.55. The number of nitrogens with zero attached hydrogens (tertiary/aromatic N) is 1. The monoisotopic (exact) mass is 311 g/mol. The van der Waals surface area contributed by atoms with Crippen LogP contribution in [0.3, 0.4) is 0 Å². The summed E-state index contributed by atoms with van der Waals surface area (Å²) in [5, 5.41) is 0. The van der Waals surface area contributed by atoms with Crippen molar-refractivity contribution in [1.82, 2.24) is 0 Å². The highest BCUT2D eigenvalue weighted by atomic mass is 35.5. The van der Waals surface area contributed by atoms with Crippen LogP contribution in [0.15, 0.2) is 18.2 Å². The SMILES string of the molecule is CCOC(=O)[C@H](C)N(C(=O)CCl)c1c(C)cccc1CC. The molecule has 0 bridgehead atoms. The molecule has 0 N–H and O–H groups in total.